The first-order valence-corrected chi connectivity index (χ1v) is 6.14. The first-order valence-electron chi connectivity index (χ1n) is 6.14. The summed E-state index contributed by atoms with van der Waals surface area (Å²) < 4.78 is 12.3. The van der Waals surface area contributed by atoms with Crippen molar-refractivity contribution in [1.29, 1.82) is 0 Å². The highest BCUT2D eigenvalue weighted by Gasteiger charge is 2.29. The molecule has 0 aromatic carbocycles. The van der Waals surface area contributed by atoms with Crippen molar-refractivity contribution in [2.24, 2.45) is 0 Å². The highest BCUT2D eigenvalue weighted by Crippen LogP contribution is 2.12. The normalized spacial score (nSPS) is 22.8. The van der Waals surface area contributed by atoms with Crippen LogP contribution in [0.2, 0.25) is 0 Å². The Balaban J connectivity index is 1.73. The summed E-state index contributed by atoms with van der Waals surface area (Å²) >= 11 is 0. The topological polar surface area (TPSA) is 98.5 Å². The van der Waals surface area contributed by atoms with Crippen LogP contribution in [0.3, 0.4) is 0 Å². The van der Waals surface area contributed by atoms with E-state index in [0.717, 1.165) is 5.69 Å². The molecule has 0 bridgehead atoms. The number of carbonyl (C=O) groups is 1. The Bertz CT molecular complexity index is 423. The maximum Gasteiger partial charge on any atom is 0.320 e. The van der Waals surface area contributed by atoms with Gasteiger partial charge in [-0.05, 0) is 0 Å². The van der Waals surface area contributed by atoms with Crippen molar-refractivity contribution in [2.75, 3.05) is 20.3 Å². The van der Waals surface area contributed by atoms with Crippen LogP contribution < -0.4 is 5.32 Å². The number of carboxylic acid groups (broad SMARTS) is 1. The summed E-state index contributed by atoms with van der Waals surface area (Å²) in [6.45, 7) is 2.12. The number of nitrogens with one attached hydrogen (secondary N) is 1. The van der Waals surface area contributed by atoms with Crippen molar-refractivity contribution in [1.82, 2.24) is 20.3 Å². The Kier molecular flexibility index (Phi) is 4.83. The molecule has 2 N–H and O–H groups in total. The number of ether oxygens (including phenoxy) is 2. The summed E-state index contributed by atoms with van der Waals surface area (Å²) in [7, 11) is 1.63. The third-order valence-electron chi connectivity index (χ3n) is 2.97. The molecule has 0 saturated carbocycles. The molecule has 1 aromatic heterocycles. The third-order valence-corrected chi connectivity index (χ3v) is 2.97. The SMILES string of the molecule is COCCn1cc(CO[C@H]2CN[C@H](C(=O)O)C2)nn1. The molecule has 1 fully saturated rings. The molecule has 1 aromatic rings. The summed E-state index contributed by atoms with van der Waals surface area (Å²) in [5.74, 6) is -0.836. The average molecular weight is 270 g/mol. The lowest BCUT2D eigenvalue weighted by Gasteiger charge is -2.08. The minimum atomic E-state index is -0.836. The summed E-state index contributed by atoms with van der Waals surface area (Å²) in [6.07, 6.45) is 2.19. The van der Waals surface area contributed by atoms with Crippen molar-refractivity contribution < 1.29 is 19.4 Å². The van der Waals surface area contributed by atoms with Gasteiger partial charge in [0, 0.05) is 20.1 Å². The standard InChI is InChI=1S/C11H18N4O4/c1-18-3-2-15-6-8(13-14-15)7-19-9-4-10(11(16)17)12-5-9/h6,9-10,12H,2-5,7H2,1H3,(H,16,17)/t9-,10+/m1/s1. The van der Waals surface area contributed by atoms with Gasteiger partial charge in [-0.2, -0.15) is 0 Å². The van der Waals surface area contributed by atoms with E-state index in [4.69, 9.17) is 14.6 Å². The fourth-order valence-electron chi connectivity index (χ4n) is 1.92. The fourth-order valence-corrected chi connectivity index (χ4v) is 1.92. The van der Waals surface area contributed by atoms with E-state index in [9.17, 15) is 4.79 Å². The minimum absolute atomic E-state index is 0.0924. The predicted octanol–water partition coefficient (Wildman–Crippen LogP) is -0.744. The van der Waals surface area contributed by atoms with Gasteiger partial charge in [0.25, 0.3) is 0 Å². The van der Waals surface area contributed by atoms with Gasteiger partial charge in [-0.15, -0.1) is 5.10 Å². The molecule has 2 heterocycles. The predicted molar refractivity (Wildman–Crippen MR) is 64.5 cm³/mol. The monoisotopic (exact) mass is 270 g/mol. The van der Waals surface area contributed by atoms with Crippen LogP contribution in [-0.2, 0) is 27.4 Å². The van der Waals surface area contributed by atoms with Gasteiger partial charge < -0.3 is 19.9 Å². The lowest BCUT2D eigenvalue weighted by molar-refractivity contribution is -0.139. The van der Waals surface area contributed by atoms with Crippen molar-refractivity contribution in [3.63, 3.8) is 0 Å². The van der Waals surface area contributed by atoms with Crippen LogP contribution in [0.1, 0.15) is 12.1 Å². The van der Waals surface area contributed by atoms with Gasteiger partial charge in [0.05, 0.1) is 32.1 Å². The Morgan fingerprint density at radius 1 is 1.68 bits per heavy atom. The van der Waals surface area contributed by atoms with Crippen LogP contribution in [0.4, 0.5) is 0 Å². The largest absolute Gasteiger partial charge is 0.480 e. The number of rotatable bonds is 7. The van der Waals surface area contributed by atoms with Crippen molar-refractivity contribution in [2.45, 2.75) is 31.7 Å². The lowest BCUT2D eigenvalue weighted by atomic mass is 10.2. The number of methoxy groups -OCH3 is 1. The first kappa shape index (κ1) is 13.9. The summed E-state index contributed by atoms with van der Waals surface area (Å²) in [4.78, 5) is 10.8. The molecule has 1 saturated heterocycles. The molecule has 8 heteroatoms. The Morgan fingerprint density at radius 2 is 2.53 bits per heavy atom. The van der Waals surface area contributed by atoms with Crippen LogP contribution in [-0.4, -0.2) is 58.5 Å². The number of carboxylic acids is 1. The molecule has 0 spiro atoms. The van der Waals surface area contributed by atoms with Crippen LogP contribution in [0.15, 0.2) is 6.20 Å². The number of aliphatic carboxylic acids is 1. The van der Waals surface area contributed by atoms with Gasteiger partial charge in [-0.1, -0.05) is 5.21 Å². The maximum absolute atomic E-state index is 10.8. The molecule has 0 unspecified atom stereocenters. The van der Waals surface area contributed by atoms with E-state index in [-0.39, 0.29) is 6.10 Å². The zero-order valence-electron chi connectivity index (χ0n) is 10.8. The molecule has 19 heavy (non-hydrogen) atoms. The highest BCUT2D eigenvalue weighted by atomic mass is 16.5. The van der Waals surface area contributed by atoms with E-state index in [0.29, 0.717) is 32.7 Å². The smallest absolute Gasteiger partial charge is 0.320 e. The minimum Gasteiger partial charge on any atom is -0.480 e. The van der Waals surface area contributed by atoms with E-state index in [1.165, 1.54) is 0 Å². The second-order valence-electron chi connectivity index (χ2n) is 4.43. The first-order chi connectivity index (χ1) is 9.19. The highest BCUT2D eigenvalue weighted by molar-refractivity contribution is 5.73. The van der Waals surface area contributed by atoms with Gasteiger partial charge in [-0.25, -0.2) is 4.68 Å². The molecule has 0 aliphatic carbocycles. The lowest BCUT2D eigenvalue weighted by Crippen LogP contribution is -2.29. The number of hydrogen-bond donors (Lipinski definition) is 2. The van der Waals surface area contributed by atoms with Gasteiger partial charge in [0.1, 0.15) is 11.7 Å². The number of hydrogen-bond acceptors (Lipinski definition) is 6. The van der Waals surface area contributed by atoms with Crippen LogP contribution >= 0.6 is 0 Å². The molecule has 2 rings (SSSR count). The molecule has 0 amide bonds. The molecule has 106 valence electrons. The molecular weight excluding hydrogens is 252 g/mol. The second-order valence-corrected chi connectivity index (χ2v) is 4.43. The van der Waals surface area contributed by atoms with Crippen LogP contribution in [0, 0.1) is 0 Å². The van der Waals surface area contributed by atoms with Crippen LogP contribution in [0.5, 0.6) is 0 Å². The molecule has 1 aliphatic heterocycles. The number of aromatic nitrogens is 3. The fraction of sp³-hybridized carbons (Fsp3) is 0.727. The summed E-state index contributed by atoms with van der Waals surface area (Å²) in [5.41, 5.74) is 0.731. The maximum atomic E-state index is 10.8. The number of nitrogens with zero attached hydrogens (tertiary/aromatic N) is 3. The Hall–Kier alpha value is -1.51. The molecule has 2 atom stereocenters. The molecule has 1 aliphatic rings. The van der Waals surface area contributed by atoms with Gasteiger partial charge >= 0.3 is 5.97 Å². The summed E-state index contributed by atoms with van der Waals surface area (Å²) in [5, 5.41) is 19.7. The second kappa shape index (κ2) is 6.60. The van der Waals surface area contributed by atoms with E-state index in [2.05, 4.69) is 15.6 Å². The van der Waals surface area contributed by atoms with Gasteiger partial charge in [0.15, 0.2) is 0 Å². The van der Waals surface area contributed by atoms with E-state index in [1.54, 1.807) is 18.0 Å². The summed E-state index contributed by atoms with van der Waals surface area (Å²) in [6, 6.07) is -0.512. The van der Waals surface area contributed by atoms with Crippen molar-refractivity contribution >= 4 is 5.97 Å². The van der Waals surface area contributed by atoms with E-state index in [1.807, 2.05) is 0 Å². The zero-order valence-corrected chi connectivity index (χ0v) is 10.8. The third kappa shape index (κ3) is 3.98. The van der Waals surface area contributed by atoms with Crippen molar-refractivity contribution in [3.8, 4) is 0 Å². The molecular formula is C11H18N4O4. The Morgan fingerprint density at radius 3 is 3.21 bits per heavy atom. The Labute approximate surface area is 110 Å². The van der Waals surface area contributed by atoms with Gasteiger partial charge in [0.2, 0.25) is 0 Å². The average Bonchev–Trinajstić information content (AvgIpc) is 3.03. The van der Waals surface area contributed by atoms with E-state index < -0.39 is 12.0 Å². The molecule has 0 radical (unpaired) electrons. The van der Waals surface area contributed by atoms with Crippen LogP contribution in [0.25, 0.3) is 0 Å². The quantitative estimate of drug-likeness (QED) is 0.673. The van der Waals surface area contributed by atoms with Crippen molar-refractivity contribution in [3.05, 3.63) is 11.9 Å². The van der Waals surface area contributed by atoms with E-state index >= 15 is 0 Å². The zero-order chi connectivity index (χ0) is 13.7. The molecule has 8 nitrogen and oxygen atoms in total. The van der Waals surface area contributed by atoms with Gasteiger partial charge in [-0.3, -0.25) is 4.79 Å².